The van der Waals surface area contributed by atoms with Gasteiger partial charge in [0.2, 0.25) is 0 Å². The lowest BCUT2D eigenvalue weighted by molar-refractivity contribution is 0.264. The van der Waals surface area contributed by atoms with Gasteiger partial charge in [-0.25, -0.2) is 0 Å². The highest BCUT2D eigenvalue weighted by atomic mass is 16.5. The molecule has 0 aliphatic heterocycles. The second kappa shape index (κ2) is 8.43. The highest BCUT2D eigenvalue weighted by molar-refractivity contribution is 5.27. The molecule has 1 fully saturated rings. The molecule has 1 N–H and O–H groups in total. The van der Waals surface area contributed by atoms with Gasteiger partial charge in [-0.05, 0) is 63.1 Å². The highest BCUT2D eigenvalue weighted by Crippen LogP contribution is 2.26. The number of hydrogen-bond acceptors (Lipinski definition) is 2. The molecule has 0 radical (unpaired) electrons. The summed E-state index contributed by atoms with van der Waals surface area (Å²) in [5, 5.41) is 3.82. The Hall–Kier alpha value is -1.02. The van der Waals surface area contributed by atoms with Gasteiger partial charge in [0.05, 0.1) is 7.11 Å². The average molecular weight is 289 g/mol. The van der Waals surface area contributed by atoms with Crippen molar-refractivity contribution in [1.82, 2.24) is 5.32 Å². The molecule has 118 valence electrons. The number of nitrogens with one attached hydrogen (secondary N) is 1. The van der Waals surface area contributed by atoms with Crippen LogP contribution in [0.25, 0.3) is 0 Å². The summed E-state index contributed by atoms with van der Waals surface area (Å²) in [6, 6.07) is 9.71. The van der Waals surface area contributed by atoms with Crippen LogP contribution in [0, 0.1) is 5.92 Å². The summed E-state index contributed by atoms with van der Waals surface area (Å²) in [6.07, 6.45) is 9.46. The Bertz CT molecular complexity index is 395. The lowest BCUT2D eigenvalue weighted by Crippen LogP contribution is -2.40. The molecule has 1 saturated carbocycles. The zero-order valence-electron chi connectivity index (χ0n) is 13.9. The van der Waals surface area contributed by atoms with Crippen LogP contribution in [0.2, 0.25) is 0 Å². The number of hydrogen-bond donors (Lipinski definition) is 1. The molecule has 0 heterocycles. The van der Waals surface area contributed by atoms with E-state index in [2.05, 4.69) is 43.4 Å². The van der Waals surface area contributed by atoms with Crippen molar-refractivity contribution in [2.75, 3.05) is 7.11 Å². The van der Waals surface area contributed by atoms with Crippen LogP contribution in [0.1, 0.15) is 57.9 Å². The fourth-order valence-electron chi connectivity index (χ4n) is 3.48. The number of rotatable bonds is 7. The molecule has 1 aromatic carbocycles. The van der Waals surface area contributed by atoms with E-state index in [0.717, 1.165) is 18.1 Å². The Balaban J connectivity index is 1.71. The summed E-state index contributed by atoms with van der Waals surface area (Å²) in [7, 11) is 1.72. The number of methoxy groups -OCH3 is 1. The van der Waals surface area contributed by atoms with Crippen molar-refractivity contribution in [3.63, 3.8) is 0 Å². The van der Waals surface area contributed by atoms with Crippen LogP contribution in [0.5, 0.6) is 5.75 Å². The van der Waals surface area contributed by atoms with Gasteiger partial charge in [-0.2, -0.15) is 0 Å². The third-order valence-corrected chi connectivity index (χ3v) is 4.93. The quantitative estimate of drug-likeness (QED) is 0.793. The van der Waals surface area contributed by atoms with E-state index in [4.69, 9.17) is 4.74 Å². The molecule has 1 unspecified atom stereocenters. The zero-order chi connectivity index (χ0) is 15.1. The molecule has 0 aromatic heterocycles. The predicted molar refractivity (Wildman–Crippen MR) is 89.9 cm³/mol. The summed E-state index contributed by atoms with van der Waals surface area (Å²) in [4.78, 5) is 0. The van der Waals surface area contributed by atoms with Crippen molar-refractivity contribution in [3.8, 4) is 5.75 Å². The van der Waals surface area contributed by atoms with Gasteiger partial charge < -0.3 is 10.1 Å². The maximum absolute atomic E-state index is 5.20. The zero-order valence-corrected chi connectivity index (χ0v) is 13.9. The van der Waals surface area contributed by atoms with E-state index in [1.165, 1.54) is 44.1 Å². The van der Waals surface area contributed by atoms with Gasteiger partial charge in [-0.3, -0.25) is 0 Å². The van der Waals surface area contributed by atoms with E-state index in [1.807, 2.05) is 0 Å². The normalized spacial score (nSPS) is 19.2. The van der Waals surface area contributed by atoms with E-state index in [9.17, 15) is 0 Å². The highest BCUT2D eigenvalue weighted by Gasteiger charge is 2.20. The topological polar surface area (TPSA) is 21.3 Å². The molecule has 0 amide bonds. The molecule has 2 rings (SSSR count). The van der Waals surface area contributed by atoms with Gasteiger partial charge in [0.1, 0.15) is 5.75 Å². The van der Waals surface area contributed by atoms with Crippen molar-refractivity contribution < 1.29 is 4.74 Å². The molecule has 0 saturated heterocycles. The molecule has 1 aliphatic rings. The van der Waals surface area contributed by atoms with Gasteiger partial charge >= 0.3 is 0 Å². The molecule has 0 spiro atoms. The van der Waals surface area contributed by atoms with Crippen molar-refractivity contribution in [3.05, 3.63) is 29.8 Å². The summed E-state index contributed by atoms with van der Waals surface area (Å²) in [5.41, 5.74) is 1.40. The molecule has 2 nitrogen and oxygen atoms in total. The fraction of sp³-hybridized carbons (Fsp3) is 0.684. The third kappa shape index (κ3) is 5.35. The second-order valence-corrected chi connectivity index (χ2v) is 6.64. The molecular formula is C19H31NO. The van der Waals surface area contributed by atoms with Crippen LogP contribution in [-0.2, 0) is 6.42 Å². The minimum Gasteiger partial charge on any atom is -0.497 e. The minimum atomic E-state index is 0.587. The van der Waals surface area contributed by atoms with Crippen LogP contribution in [0.3, 0.4) is 0 Å². The Morgan fingerprint density at radius 2 is 1.76 bits per heavy atom. The summed E-state index contributed by atoms with van der Waals surface area (Å²) < 4.78 is 5.20. The van der Waals surface area contributed by atoms with Crippen LogP contribution >= 0.6 is 0 Å². The SMILES string of the molecule is COc1ccc(CCC(C)N[C@H](C)C2CCCCC2)cc1. The van der Waals surface area contributed by atoms with E-state index in [-0.39, 0.29) is 0 Å². The molecule has 1 aromatic rings. The largest absolute Gasteiger partial charge is 0.497 e. The molecule has 1 aliphatic carbocycles. The molecule has 2 atom stereocenters. The number of benzene rings is 1. The van der Waals surface area contributed by atoms with Gasteiger partial charge in [-0.1, -0.05) is 31.4 Å². The van der Waals surface area contributed by atoms with Crippen molar-refractivity contribution in [2.45, 2.75) is 70.9 Å². The first-order chi connectivity index (χ1) is 10.2. The first-order valence-electron chi connectivity index (χ1n) is 8.58. The maximum Gasteiger partial charge on any atom is 0.118 e. The smallest absolute Gasteiger partial charge is 0.118 e. The van der Waals surface area contributed by atoms with Crippen molar-refractivity contribution in [1.29, 1.82) is 0 Å². The van der Waals surface area contributed by atoms with Gasteiger partial charge in [0.15, 0.2) is 0 Å². The number of aryl methyl sites for hydroxylation is 1. The Morgan fingerprint density at radius 3 is 2.38 bits per heavy atom. The van der Waals surface area contributed by atoms with E-state index in [1.54, 1.807) is 7.11 Å². The standard InChI is InChI=1S/C19H31NO/c1-15(20-16(2)18-7-5-4-6-8-18)9-10-17-11-13-19(21-3)14-12-17/h11-16,18,20H,4-10H2,1-3H3/t15?,16-/m1/s1. The average Bonchev–Trinajstić information content (AvgIpc) is 2.54. The second-order valence-electron chi connectivity index (χ2n) is 6.64. The monoisotopic (exact) mass is 289 g/mol. The summed E-state index contributed by atoms with van der Waals surface area (Å²) in [6.45, 7) is 4.70. The lowest BCUT2D eigenvalue weighted by atomic mass is 9.84. The van der Waals surface area contributed by atoms with Crippen LogP contribution in [0.4, 0.5) is 0 Å². The summed E-state index contributed by atoms with van der Waals surface area (Å²) >= 11 is 0. The summed E-state index contributed by atoms with van der Waals surface area (Å²) in [5.74, 6) is 1.83. The molecule has 21 heavy (non-hydrogen) atoms. The first-order valence-corrected chi connectivity index (χ1v) is 8.58. The Morgan fingerprint density at radius 1 is 1.10 bits per heavy atom. The van der Waals surface area contributed by atoms with Crippen molar-refractivity contribution in [2.24, 2.45) is 5.92 Å². The molecular weight excluding hydrogens is 258 g/mol. The van der Waals surface area contributed by atoms with E-state index >= 15 is 0 Å². The molecule has 2 heteroatoms. The van der Waals surface area contributed by atoms with Gasteiger partial charge in [0, 0.05) is 12.1 Å². The Kier molecular flexibility index (Phi) is 6.56. The minimum absolute atomic E-state index is 0.587. The fourth-order valence-corrected chi connectivity index (χ4v) is 3.48. The predicted octanol–water partition coefficient (Wildman–Crippen LogP) is 4.57. The van der Waals surface area contributed by atoms with Gasteiger partial charge in [0.25, 0.3) is 0 Å². The van der Waals surface area contributed by atoms with Crippen LogP contribution in [-0.4, -0.2) is 19.2 Å². The molecule has 0 bridgehead atoms. The third-order valence-electron chi connectivity index (χ3n) is 4.93. The maximum atomic E-state index is 5.20. The van der Waals surface area contributed by atoms with Gasteiger partial charge in [-0.15, -0.1) is 0 Å². The number of ether oxygens (including phenoxy) is 1. The van der Waals surface area contributed by atoms with E-state index < -0.39 is 0 Å². The Labute approximate surface area is 130 Å². The van der Waals surface area contributed by atoms with Crippen molar-refractivity contribution >= 4 is 0 Å². The first kappa shape index (κ1) is 16.4. The van der Waals surface area contributed by atoms with E-state index in [0.29, 0.717) is 12.1 Å². The van der Waals surface area contributed by atoms with Crippen LogP contribution in [0.15, 0.2) is 24.3 Å². The lowest BCUT2D eigenvalue weighted by Gasteiger charge is -2.30. The van der Waals surface area contributed by atoms with Crippen LogP contribution < -0.4 is 10.1 Å².